The molecular weight excluding hydrogens is 180 g/mol. The predicted octanol–water partition coefficient (Wildman–Crippen LogP) is 1.50. The Balaban J connectivity index is 2.49. The molecule has 1 amide bonds. The second-order valence-corrected chi connectivity index (χ2v) is 5.16. The standard InChI is InChI=1S/C10H20N2O2/c1-10(2,3)12(9(13)14)6-7-4-8(11)5-7/h7-8H,4-6,11H2,1-3H3,(H,13,14)/t7-,8-. The third-order valence-electron chi connectivity index (χ3n) is 2.75. The van der Waals surface area contributed by atoms with Gasteiger partial charge in [0, 0.05) is 18.1 Å². The highest BCUT2D eigenvalue weighted by Gasteiger charge is 2.33. The van der Waals surface area contributed by atoms with Crippen molar-refractivity contribution in [3.63, 3.8) is 0 Å². The van der Waals surface area contributed by atoms with Crippen LogP contribution in [0.4, 0.5) is 4.79 Å². The number of hydrogen-bond acceptors (Lipinski definition) is 2. The average Bonchev–Trinajstić information content (AvgIpc) is 1.92. The summed E-state index contributed by atoms with van der Waals surface area (Å²) in [6.45, 7) is 6.37. The number of carbonyl (C=O) groups is 1. The SMILES string of the molecule is CC(C)(C)N(C[C@H]1C[C@H](N)C1)C(=O)O. The van der Waals surface area contributed by atoms with Crippen molar-refractivity contribution in [2.75, 3.05) is 6.54 Å². The Kier molecular flexibility index (Phi) is 3.04. The fourth-order valence-electron chi connectivity index (χ4n) is 1.83. The quantitative estimate of drug-likeness (QED) is 0.710. The lowest BCUT2D eigenvalue weighted by Crippen LogP contribution is -2.51. The van der Waals surface area contributed by atoms with Crippen LogP contribution in [0.1, 0.15) is 33.6 Å². The van der Waals surface area contributed by atoms with Crippen molar-refractivity contribution in [2.24, 2.45) is 11.7 Å². The first-order chi connectivity index (χ1) is 6.30. The third kappa shape index (κ3) is 2.61. The van der Waals surface area contributed by atoms with Crippen LogP contribution >= 0.6 is 0 Å². The average molecular weight is 200 g/mol. The van der Waals surface area contributed by atoms with E-state index in [1.54, 1.807) is 0 Å². The van der Waals surface area contributed by atoms with Crippen molar-refractivity contribution in [1.29, 1.82) is 0 Å². The van der Waals surface area contributed by atoms with E-state index in [1.165, 1.54) is 4.90 Å². The van der Waals surface area contributed by atoms with Gasteiger partial charge in [0.1, 0.15) is 0 Å². The molecule has 1 fully saturated rings. The molecule has 14 heavy (non-hydrogen) atoms. The molecule has 0 radical (unpaired) electrons. The van der Waals surface area contributed by atoms with Gasteiger partial charge in [0.15, 0.2) is 0 Å². The van der Waals surface area contributed by atoms with Crippen molar-refractivity contribution >= 4 is 6.09 Å². The zero-order chi connectivity index (χ0) is 10.9. The van der Waals surface area contributed by atoms with E-state index in [0.717, 1.165) is 12.8 Å². The number of rotatable bonds is 2. The summed E-state index contributed by atoms with van der Waals surface area (Å²) in [5.74, 6) is 0.459. The van der Waals surface area contributed by atoms with Gasteiger partial charge in [-0.2, -0.15) is 0 Å². The first-order valence-electron chi connectivity index (χ1n) is 5.07. The van der Waals surface area contributed by atoms with Crippen LogP contribution in [0.5, 0.6) is 0 Å². The molecule has 1 aliphatic rings. The summed E-state index contributed by atoms with van der Waals surface area (Å²) in [7, 11) is 0. The summed E-state index contributed by atoms with van der Waals surface area (Å²) >= 11 is 0. The summed E-state index contributed by atoms with van der Waals surface area (Å²) in [6, 6.07) is 0.288. The fourth-order valence-corrected chi connectivity index (χ4v) is 1.83. The van der Waals surface area contributed by atoms with E-state index >= 15 is 0 Å². The highest BCUT2D eigenvalue weighted by atomic mass is 16.4. The van der Waals surface area contributed by atoms with E-state index in [4.69, 9.17) is 10.8 Å². The van der Waals surface area contributed by atoms with Crippen LogP contribution in [0.15, 0.2) is 0 Å². The van der Waals surface area contributed by atoms with Gasteiger partial charge in [0.2, 0.25) is 0 Å². The van der Waals surface area contributed by atoms with Crippen molar-refractivity contribution in [2.45, 2.75) is 45.2 Å². The molecule has 0 aromatic heterocycles. The molecule has 0 aromatic rings. The minimum Gasteiger partial charge on any atom is -0.465 e. The number of nitrogens with two attached hydrogens (primary N) is 1. The number of amides is 1. The van der Waals surface area contributed by atoms with Gasteiger partial charge < -0.3 is 15.7 Å². The summed E-state index contributed by atoms with van der Waals surface area (Å²) < 4.78 is 0. The van der Waals surface area contributed by atoms with Gasteiger partial charge in [0.05, 0.1) is 0 Å². The molecule has 0 spiro atoms. The second-order valence-electron chi connectivity index (χ2n) is 5.16. The Morgan fingerprint density at radius 1 is 1.50 bits per heavy atom. The van der Waals surface area contributed by atoms with Crippen LogP contribution in [0.25, 0.3) is 0 Å². The van der Waals surface area contributed by atoms with Gasteiger partial charge in [-0.05, 0) is 39.5 Å². The number of hydrogen-bond donors (Lipinski definition) is 2. The van der Waals surface area contributed by atoms with Crippen molar-refractivity contribution in [1.82, 2.24) is 4.90 Å². The Bertz CT molecular complexity index is 217. The maximum atomic E-state index is 11.0. The van der Waals surface area contributed by atoms with Crippen LogP contribution in [0.3, 0.4) is 0 Å². The molecule has 0 bridgehead atoms. The largest absolute Gasteiger partial charge is 0.465 e. The molecule has 0 atom stereocenters. The van der Waals surface area contributed by atoms with E-state index < -0.39 is 6.09 Å². The predicted molar refractivity (Wildman–Crippen MR) is 55.2 cm³/mol. The van der Waals surface area contributed by atoms with Crippen LogP contribution in [-0.2, 0) is 0 Å². The molecule has 0 unspecified atom stereocenters. The zero-order valence-corrected chi connectivity index (χ0v) is 9.16. The van der Waals surface area contributed by atoms with E-state index in [1.807, 2.05) is 20.8 Å². The highest BCUT2D eigenvalue weighted by molar-refractivity contribution is 5.66. The maximum Gasteiger partial charge on any atom is 0.407 e. The van der Waals surface area contributed by atoms with Crippen molar-refractivity contribution in [3.05, 3.63) is 0 Å². The summed E-state index contributed by atoms with van der Waals surface area (Å²) in [4.78, 5) is 12.5. The molecule has 4 heteroatoms. The molecule has 0 heterocycles. The minimum absolute atomic E-state index is 0.288. The van der Waals surface area contributed by atoms with Crippen molar-refractivity contribution in [3.8, 4) is 0 Å². The first-order valence-corrected chi connectivity index (χ1v) is 5.07. The smallest absolute Gasteiger partial charge is 0.407 e. The molecular formula is C10H20N2O2. The zero-order valence-electron chi connectivity index (χ0n) is 9.16. The maximum absolute atomic E-state index is 11.0. The lowest BCUT2D eigenvalue weighted by atomic mass is 9.80. The molecule has 1 aliphatic carbocycles. The Labute approximate surface area is 85.1 Å². The molecule has 3 N–H and O–H groups in total. The minimum atomic E-state index is -0.835. The molecule has 1 rings (SSSR count). The normalized spacial score (nSPS) is 26.9. The van der Waals surface area contributed by atoms with Crippen molar-refractivity contribution < 1.29 is 9.90 Å². The van der Waals surface area contributed by atoms with Crippen LogP contribution in [-0.4, -0.2) is 34.2 Å². The van der Waals surface area contributed by atoms with E-state index in [9.17, 15) is 4.79 Å². The molecule has 82 valence electrons. The van der Waals surface area contributed by atoms with Gasteiger partial charge in [-0.15, -0.1) is 0 Å². The molecule has 0 aromatic carbocycles. The Morgan fingerprint density at radius 3 is 2.29 bits per heavy atom. The molecule has 4 nitrogen and oxygen atoms in total. The van der Waals surface area contributed by atoms with Crippen LogP contribution in [0, 0.1) is 5.92 Å². The Hall–Kier alpha value is -0.770. The topological polar surface area (TPSA) is 66.6 Å². The van der Waals surface area contributed by atoms with Gasteiger partial charge >= 0.3 is 6.09 Å². The monoisotopic (exact) mass is 200 g/mol. The molecule has 0 saturated heterocycles. The van der Waals surface area contributed by atoms with Gasteiger partial charge in [-0.1, -0.05) is 0 Å². The van der Waals surface area contributed by atoms with Gasteiger partial charge in [-0.25, -0.2) is 4.79 Å². The van der Waals surface area contributed by atoms with Crippen LogP contribution in [0.2, 0.25) is 0 Å². The molecule has 0 aliphatic heterocycles. The Morgan fingerprint density at radius 2 is 2.00 bits per heavy atom. The number of carboxylic acid groups (broad SMARTS) is 1. The second kappa shape index (κ2) is 3.77. The van der Waals surface area contributed by atoms with Gasteiger partial charge in [-0.3, -0.25) is 0 Å². The van der Waals surface area contributed by atoms with E-state index in [-0.39, 0.29) is 11.6 Å². The lowest BCUT2D eigenvalue weighted by molar-refractivity contribution is 0.0720. The van der Waals surface area contributed by atoms with Crippen LogP contribution < -0.4 is 5.73 Å². The fraction of sp³-hybridized carbons (Fsp3) is 0.900. The van der Waals surface area contributed by atoms with E-state index in [2.05, 4.69) is 0 Å². The summed E-state index contributed by atoms with van der Waals surface area (Å²) in [6.07, 6.45) is 1.08. The number of nitrogens with zero attached hydrogens (tertiary/aromatic N) is 1. The molecule has 1 saturated carbocycles. The first kappa shape index (κ1) is 11.3. The summed E-state index contributed by atoms with van der Waals surface area (Å²) in [5, 5.41) is 9.04. The summed E-state index contributed by atoms with van der Waals surface area (Å²) in [5.41, 5.74) is 5.35. The third-order valence-corrected chi connectivity index (χ3v) is 2.75. The lowest BCUT2D eigenvalue weighted by Gasteiger charge is -2.40. The highest BCUT2D eigenvalue weighted by Crippen LogP contribution is 2.28. The van der Waals surface area contributed by atoms with Gasteiger partial charge in [0.25, 0.3) is 0 Å². The van der Waals surface area contributed by atoms with E-state index in [0.29, 0.717) is 12.5 Å².